The lowest BCUT2D eigenvalue weighted by Gasteiger charge is -2.22. The Labute approximate surface area is 163 Å². The van der Waals surface area contributed by atoms with E-state index in [0.29, 0.717) is 17.7 Å². The summed E-state index contributed by atoms with van der Waals surface area (Å²) in [5.74, 6) is -1.63. The summed E-state index contributed by atoms with van der Waals surface area (Å²) < 4.78 is 43.1. The van der Waals surface area contributed by atoms with Crippen molar-refractivity contribution in [3.63, 3.8) is 0 Å². The van der Waals surface area contributed by atoms with Crippen LogP contribution in [0.1, 0.15) is 25.0 Å². The van der Waals surface area contributed by atoms with Gasteiger partial charge in [-0.25, -0.2) is 0 Å². The lowest BCUT2D eigenvalue weighted by Crippen LogP contribution is -2.33. The van der Waals surface area contributed by atoms with E-state index in [9.17, 15) is 32.9 Å². The molecule has 2 aromatic rings. The van der Waals surface area contributed by atoms with Crippen LogP contribution < -0.4 is 5.32 Å². The van der Waals surface area contributed by atoms with Gasteiger partial charge in [0, 0.05) is 6.07 Å². The van der Waals surface area contributed by atoms with Gasteiger partial charge in [0.25, 0.3) is 11.6 Å². The van der Waals surface area contributed by atoms with Crippen molar-refractivity contribution in [3.8, 4) is 0 Å². The number of nitro groups is 1. The topological polar surface area (TPSA) is 98.5 Å². The molecule has 1 amide bonds. The fraction of sp³-hybridized carbons (Fsp3) is 0.263. The molecule has 0 saturated carbocycles. The number of nitrogens with one attached hydrogen (secondary N) is 1. The van der Waals surface area contributed by atoms with Crippen molar-refractivity contribution in [1.29, 1.82) is 0 Å². The Bertz CT molecular complexity index is 927. The van der Waals surface area contributed by atoms with Gasteiger partial charge in [0.1, 0.15) is 5.69 Å². The summed E-state index contributed by atoms with van der Waals surface area (Å²) in [6, 6.07) is 10.4. The highest BCUT2D eigenvalue weighted by Crippen LogP contribution is 2.35. The molecule has 10 heteroatoms. The van der Waals surface area contributed by atoms with Gasteiger partial charge >= 0.3 is 12.1 Å². The average molecular weight is 410 g/mol. The fourth-order valence-corrected chi connectivity index (χ4v) is 2.44. The smallest absolute Gasteiger partial charge is 0.416 e. The molecule has 1 N–H and O–H groups in total. The maximum atomic E-state index is 12.7. The number of carbonyl (C=O) groups excluding carboxylic acids is 2. The van der Waals surface area contributed by atoms with Crippen LogP contribution >= 0.6 is 0 Å². The third kappa shape index (κ3) is 5.31. The van der Waals surface area contributed by atoms with E-state index in [0.717, 1.165) is 6.07 Å². The first kappa shape index (κ1) is 21.9. The van der Waals surface area contributed by atoms with E-state index < -0.39 is 51.9 Å². The summed E-state index contributed by atoms with van der Waals surface area (Å²) in [6.45, 7) is 2.44. The van der Waals surface area contributed by atoms with Gasteiger partial charge in [-0.05, 0) is 31.5 Å². The van der Waals surface area contributed by atoms with Crippen LogP contribution in [0.3, 0.4) is 0 Å². The second-order valence-corrected chi connectivity index (χ2v) is 6.60. The Kier molecular flexibility index (Phi) is 6.25. The Morgan fingerprint density at radius 2 is 1.69 bits per heavy atom. The maximum absolute atomic E-state index is 12.7. The molecule has 154 valence electrons. The lowest BCUT2D eigenvalue weighted by molar-refractivity contribution is -0.384. The number of nitrogens with zero attached hydrogens (tertiary/aromatic N) is 1. The Morgan fingerprint density at radius 1 is 1.07 bits per heavy atom. The summed E-state index contributed by atoms with van der Waals surface area (Å²) in [5, 5.41) is 13.1. The molecule has 0 saturated heterocycles. The van der Waals surface area contributed by atoms with Gasteiger partial charge in [0.2, 0.25) is 0 Å². The highest BCUT2D eigenvalue weighted by Gasteiger charge is 2.34. The number of alkyl halides is 3. The molecule has 0 radical (unpaired) electrons. The van der Waals surface area contributed by atoms with E-state index >= 15 is 0 Å². The van der Waals surface area contributed by atoms with Crippen molar-refractivity contribution < 1.29 is 32.4 Å². The number of ether oxygens (including phenoxy) is 1. The van der Waals surface area contributed by atoms with Crippen LogP contribution in [0.4, 0.5) is 24.5 Å². The number of hydrogen-bond donors (Lipinski definition) is 1. The maximum Gasteiger partial charge on any atom is 0.416 e. The third-order valence-electron chi connectivity index (χ3n) is 4.14. The van der Waals surface area contributed by atoms with Crippen molar-refractivity contribution in [3.05, 3.63) is 69.8 Å². The molecule has 0 fully saturated rings. The summed E-state index contributed by atoms with van der Waals surface area (Å²) in [7, 11) is 0. The van der Waals surface area contributed by atoms with Crippen molar-refractivity contribution >= 4 is 23.3 Å². The first-order valence-electron chi connectivity index (χ1n) is 8.31. The van der Waals surface area contributed by atoms with E-state index in [2.05, 4.69) is 5.32 Å². The lowest BCUT2D eigenvalue weighted by atomic mass is 9.85. The van der Waals surface area contributed by atoms with Crippen molar-refractivity contribution in [2.75, 3.05) is 11.9 Å². The molecule has 2 aromatic carbocycles. The molecule has 7 nitrogen and oxygen atoms in total. The molecule has 0 heterocycles. The quantitative estimate of drug-likeness (QED) is 0.440. The minimum absolute atomic E-state index is 0.320. The average Bonchev–Trinajstić information content (AvgIpc) is 2.66. The molecule has 0 aromatic heterocycles. The van der Waals surface area contributed by atoms with E-state index in [1.807, 2.05) is 0 Å². The van der Waals surface area contributed by atoms with Crippen LogP contribution in [-0.2, 0) is 25.9 Å². The summed E-state index contributed by atoms with van der Waals surface area (Å²) in [5.41, 5.74) is -2.99. The van der Waals surface area contributed by atoms with Gasteiger partial charge in [-0.1, -0.05) is 30.3 Å². The zero-order valence-corrected chi connectivity index (χ0v) is 15.4. The van der Waals surface area contributed by atoms with Gasteiger partial charge in [-0.15, -0.1) is 0 Å². The van der Waals surface area contributed by atoms with Crippen LogP contribution in [-0.4, -0.2) is 23.4 Å². The van der Waals surface area contributed by atoms with Crippen molar-refractivity contribution in [2.24, 2.45) is 0 Å². The van der Waals surface area contributed by atoms with Gasteiger partial charge < -0.3 is 10.1 Å². The zero-order chi connectivity index (χ0) is 21.8. The molecule has 2 rings (SSSR count). The van der Waals surface area contributed by atoms with Crippen LogP contribution in [0, 0.1) is 10.1 Å². The summed E-state index contributed by atoms with van der Waals surface area (Å²) in [6.07, 6.45) is -4.77. The van der Waals surface area contributed by atoms with Gasteiger partial charge in [0.15, 0.2) is 6.61 Å². The SMILES string of the molecule is CC(C)(C(=O)OCC(=O)Nc1ccc(C(F)(F)F)cc1[N+](=O)[O-])c1ccccc1. The number of halogens is 3. The minimum atomic E-state index is -4.77. The monoisotopic (exact) mass is 410 g/mol. The van der Waals surface area contributed by atoms with Crippen LogP contribution in [0.2, 0.25) is 0 Å². The van der Waals surface area contributed by atoms with Crippen molar-refractivity contribution in [1.82, 2.24) is 0 Å². The van der Waals surface area contributed by atoms with Crippen molar-refractivity contribution in [2.45, 2.75) is 25.4 Å². The molecule has 0 aliphatic rings. The van der Waals surface area contributed by atoms with Gasteiger partial charge in [-0.2, -0.15) is 13.2 Å². The number of carbonyl (C=O) groups is 2. The van der Waals surface area contributed by atoms with E-state index in [-0.39, 0.29) is 0 Å². The fourth-order valence-electron chi connectivity index (χ4n) is 2.44. The van der Waals surface area contributed by atoms with Crippen LogP contribution in [0.25, 0.3) is 0 Å². The predicted molar refractivity (Wildman–Crippen MR) is 97.2 cm³/mol. The van der Waals surface area contributed by atoms with E-state index in [1.54, 1.807) is 44.2 Å². The Balaban J connectivity index is 2.08. The summed E-state index contributed by atoms with van der Waals surface area (Å²) in [4.78, 5) is 34.3. The molecule has 0 spiro atoms. The first-order valence-corrected chi connectivity index (χ1v) is 8.31. The highest BCUT2D eigenvalue weighted by atomic mass is 19.4. The van der Waals surface area contributed by atoms with E-state index in [4.69, 9.17) is 4.74 Å². The van der Waals surface area contributed by atoms with Crippen LogP contribution in [0.15, 0.2) is 48.5 Å². The molecular formula is C19H17F3N2O5. The third-order valence-corrected chi connectivity index (χ3v) is 4.14. The second kappa shape index (κ2) is 8.29. The number of amides is 1. The number of nitro benzene ring substituents is 1. The Morgan fingerprint density at radius 3 is 2.24 bits per heavy atom. The zero-order valence-electron chi connectivity index (χ0n) is 15.4. The first-order chi connectivity index (χ1) is 13.4. The number of benzene rings is 2. The molecule has 0 bridgehead atoms. The minimum Gasteiger partial charge on any atom is -0.455 e. The molecule has 0 atom stereocenters. The predicted octanol–water partition coefficient (Wildman–Crippen LogP) is 4.07. The molecule has 0 unspecified atom stereocenters. The van der Waals surface area contributed by atoms with Gasteiger partial charge in [-0.3, -0.25) is 19.7 Å². The molecule has 0 aliphatic heterocycles. The van der Waals surface area contributed by atoms with Crippen LogP contribution in [0.5, 0.6) is 0 Å². The van der Waals surface area contributed by atoms with Gasteiger partial charge in [0.05, 0.1) is 15.9 Å². The second-order valence-electron chi connectivity index (χ2n) is 6.60. The highest BCUT2D eigenvalue weighted by molar-refractivity contribution is 5.95. The largest absolute Gasteiger partial charge is 0.455 e. The number of hydrogen-bond acceptors (Lipinski definition) is 5. The Hall–Kier alpha value is -3.43. The molecular weight excluding hydrogens is 393 g/mol. The number of esters is 1. The van der Waals surface area contributed by atoms with E-state index in [1.165, 1.54) is 0 Å². The number of rotatable bonds is 6. The normalized spacial score (nSPS) is 11.6. The number of anilines is 1. The molecule has 0 aliphatic carbocycles. The summed E-state index contributed by atoms with van der Waals surface area (Å²) >= 11 is 0. The standard InChI is InChI=1S/C19H17F3N2O5/c1-18(2,12-6-4-3-5-7-12)17(26)29-11-16(25)23-14-9-8-13(19(20,21)22)10-15(14)24(27)28/h3-10H,11H2,1-2H3,(H,23,25). The molecule has 29 heavy (non-hydrogen) atoms.